The van der Waals surface area contributed by atoms with Crippen LogP contribution in [0.5, 0.6) is 0 Å². The van der Waals surface area contributed by atoms with Gasteiger partial charge in [0, 0.05) is 32.9 Å². The molecule has 3 rings (SSSR count). The van der Waals surface area contributed by atoms with Crippen LogP contribution in [0.25, 0.3) is 29.6 Å². The highest BCUT2D eigenvalue weighted by molar-refractivity contribution is 5.83. The zero-order valence-corrected chi connectivity index (χ0v) is 12.8. The largest absolute Gasteiger partial charge is 0.358 e. The number of aromatic amines is 2. The molecule has 0 aliphatic heterocycles. The van der Waals surface area contributed by atoms with E-state index in [0.717, 1.165) is 27.5 Å². The van der Waals surface area contributed by atoms with E-state index >= 15 is 0 Å². The SMILES string of the molecule is C=Cc1c(C)[nH]c(/C=c2\c(=C)[nH]c3ccc(C)cc23)c1C. The molecule has 2 nitrogen and oxygen atoms in total. The van der Waals surface area contributed by atoms with Gasteiger partial charge >= 0.3 is 0 Å². The molecule has 0 amide bonds. The predicted octanol–water partition coefficient (Wildman–Crippen LogP) is 3.30. The fourth-order valence-electron chi connectivity index (χ4n) is 2.93. The third-order valence-electron chi connectivity index (χ3n) is 4.10. The smallest absolute Gasteiger partial charge is 0.0464 e. The summed E-state index contributed by atoms with van der Waals surface area (Å²) in [6, 6.07) is 6.42. The average Bonchev–Trinajstić information content (AvgIpc) is 2.88. The van der Waals surface area contributed by atoms with E-state index in [1.165, 1.54) is 22.1 Å². The second-order valence-electron chi connectivity index (χ2n) is 5.62. The Morgan fingerprint density at radius 1 is 1.10 bits per heavy atom. The monoisotopic (exact) mass is 276 g/mol. The fourth-order valence-corrected chi connectivity index (χ4v) is 2.93. The van der Waals surface area contributed by atoms with Gasteiger partial charge in [-0.3, -0.25) is 0 Å². The molecule has 2 heteroatoms. The molecule has 0 saturated heterocycles. The second-order valence-corrected chi connectivity index (χ2v) is 5.62. The first-order valence-electron chi connectivity index (χ1n) is 7.12. The van der Waals surface area contributed by atoms with Gasteiger partial charge in [-0.1, -0.05) is 30.9 Å². The van der Waals surface area contributed by atoms with Crippen LogP contribution in [0.15, 0.2) is 24.8 Å². The van der Waals surface area contributed by atoms with Gasteiger partial charge in [0.1, 0.15) is 0 Å². The Morgan fingerprint density at radius 2 is 1.86 bits per heavy atom. The van der Waals surface area contributed by atoms with Crippen LogP contribution in [0.4, 0.5) is 0 Å². The standard InChI is InChI=1S/C19H20N2/c1-6-15-12(3)19(21-13(15)4)10-16-14(5)20-18-8-7-11(2)9-17(16)18/h6-10,20-21H,1,5H2,2-4H3/b16-10+. The second kappa shape index (κ2) is 4.81. The van der Waals surface area contributed by atoms with E-state index in [2.05, 4.69) is 68.2 Å². The van der Waals surface area contributed by atoms with Gasteiger partial charge in [0.05, 0.1) is 0 Å². The average molecular weight is 276 g/mol. The van der Waals surface area contributed by atoms with Crippen molar-refractivity contribution in [1.82, 2.24) is 9.97 Å². The summed E-state index contributed by atoms with van der Waals surface area (Å²) in [5.74, 6) is 0. The first-order chi connectivity index (χ1) is 10.0. The van der Waals surface area contributed by atoms with E-state index in [1.54, 1.807) is 0 Å². The molecule has 2 heterocycles. The third kappa shape index (κ3) is 2.13. The highest BCUT2D eigenvalue weighted by Crippen LogP contribution is 2.19. The lowest BCUT2D eigenvalue weighted by Gasteiger charge is -1.94. The van der Waals surface area contributed by atoms with Gasteiger partial charge in [-0.05, 0) is 50.1 Å². The predicted molar refractivity (Wildman–Crippen MR) is 91.7 cm³/mol. The lowest BCUT2D eigenvalue weighted by molar-refractivity contribution is 1.24. The first-order valence-corrected chi connectivity index (χ1v) is 7.12. The van der Waals surface area contributed by atoms with Gasteiger partial charge in [-0.25, -0.2) is 0 Å². The molecule has 0 radical (unpaired) electrons. The first kappa shape index (κ1) is 13.5. The molecule has 21 heavy (non-hydrogen) atoms. The summed E-state index contributed by atoms with van der Waals surface area (Å²) >= 11 is 0. The maximum absolute atomic E-state index is 4.14. The molecule has 0 aliphatic carbocycles. The summed E-state index contributed by atoms with van der Waals surface area (Å²) < 4.78 is 0. The molecule has 106 valence electrons. The molecule has 0 atom stereocenters. The van der Waals surface area contributed by atoms with Crippen molar-refractivity contribution in [3.05, 3.63) is 63.4 Å². The van der Waals surface area contributed by atoms with Crippen molar-refractivity contribution in [1.29, 1.82) is 0 Å². The fraction of sp³-hybridized carbons (Fsp3) is 0.158. The van der Waals surface area contributed by atoms with Crippen molar-refractivity contribution >= 4 is 29.6 Å². The minimum atomic E-state index is 0.947. The van der Waals surface area contributed by atoms with E-state index < -0.39 is 0 Å². The number of aromatic nitrogens is 2. The van der Waals surface area contributed by atoms with Crippen molar-refractivity contribution in [3.8, 4) is 0 Å². The molecule has 0 unspecified atom stereocenters. The van der Waals surface area contributed by atoms with Crippen LogP contribution in [0.3, 0.4) is 0 Å². The van der Waals surface area contributed by atoms with Crippen LogP contribution >= 0.6 is 0 Å². The Hall–Kier alpha value is -2.48. The lowest BCUT2D eigenvalue weighted by atomic mass is 10.1. The molecule has 1 aromatic carbocycles. The maximum Gasteiger partial charge on any atom is 0.0464 e. The molecule has 2 N–H and O–H groups in total. The van der Waals surface area contributed by atoms with E-state index in [1.807, 2.05) is 6.08 Å². The quantitative estimate of drug-likeness (QED) is 0.720. The Bertz CT molecular complexity index is 952. The van der Waals surface area contributed by atoms with Crippen LogP contribution in [-0.4, -0.2) is 9.97 Å². The van der Waals surface area contributed by atoms with Gasteiger partial charge in [-0.2, -0.15) is 0 Å². The maximum atomic E-state index is 4.14. The number of H-pyrrole nitrogens is 2. The molecular formula is C19H20N2. The normalized spacial score (nSPS) is 12.2. The molecule has 0 fully saturated rings. The summed E-state index contributed by atoms with van der Waals surface area (Å²) in [6.07, 6.45) is 4.08. The summed E-state index contributed by atoms with van der Waals surface area (Å²) in [5, 5.41) is 3.31. The summed E-state index contributed by atoms with van der Waals surface area (Å²) in [4.78, 5) is 6.79. The zero-order valence-electron chi connectivity index (χ0n) is 12.8. The summed E-state index contributed by atoms with van der Waals surface area (Å²) in [5.41, 5.74) is 7.06. The molecular weight excluding hydrogens is 256 g/mol. The molecule has 0 bridgehead atoms. The van der Waals surface area contributed by atoms with E-state index in [-0.39, 0.29) is 0 Å². The van der Waals surface area contributed by atoms with Gasteiger partial charge in [0.15, 0.2) is 0 Å². The Balaban J connectivity index is 2.34. The number of fused-ring (bicyclic) bond motifs is 1. The van der Waals surface area contributed by atoms with Gasteiger partial charge < -0.3 is 9.97 Å². The van der Waals surface area contributed by atoms with Crippen molar-refractivity contribution in [2.24, 2.45) is 0 Å². The van der Waals surface area contributed by atoms with Gasteiger partial charge in [0.25, 0.3) is 0 Å². The van der Waals surface area contributed by atoms with E-state index in [4.69, 9.17) is 0 Å². The minimum Gasteiger partial charge on any atom is -0.358 e. The van der Waals surface area contributed by atoms with Crippen LogP contribution < -0.4 is 10.6 Å². The van der Waals surface area contributed by atoms with Crippen LogP contribution in [0.1, 0.15) is 28.1 Å². The Labute approximate surface area is 124 Å². The molecule has 0 aliphatic rings. The number of hydrogen-bond acceptors (Lipinski definition) is 0. The van der Waals surface area contributed by atoms with E-state index in [0.29, 0.717) is 0 Å². The van der Waals surface area contributed by atoms with Crippen LogP contribution in [0, 0.1) is 20.8 Å². The third-order valence-corrected chi connectivity index (χ3v) is 4.10. The lowest BCUT2D eigenvalue weighted by Crippen LogP contribution is -2.20. The zero-order chi connectivity index (χ0) is 15.1. The van der Waals surface area contributed by atoms with Crippen molar-refractivity contribution in [2.45, 2.75) is 20.8 Å². The minimum absolute atomic E-state index is 0.947. The molecule has 3 aromatic rings. The number of nitrogens with one attached hydrogen (secondary N) is 2. The Kier molecular flexibility index (Phi) is 3.09. The van der Waals surface area contributed by atoms with E-state index in [9.17, 15) is 0 Å². The number of aryl methyl sites for hydroxylation is 2. The van der Waals surface area contributed by atoms with Gasteiger partial charge in [0.2, 0.25) is 0 Å². The molecule has 0 spiro atoms. The Morgan fingerprint density at radius 3 is 2.52 bits per heavy atom. The van der Waals surface area contributed by atoms with Crippen LogP contribution in [-0.2, 0) is 0 Å². The van der Waals surface area contributed by atoms with Crippen molar-refractivity contribution in [2.75, 3.05) is 0 Å². The molecule has 2 aromatic heterocycles. The number of hydrogen-bond donors (Lipinski definition) is 2. The highest BCUT2D eigenvalue weighted by atomic mass is 14.7. The summed E-state index contributed by atoms with van der Waals surface area (Å²) in [6.45, 7) is 14.3. The number of benzene rings is 1. The summed E-state index contributed by atoms with van der Waals surface area (Å²) in [7, 11) is 0. The molecule has 0 saturated carbocycles. The van der Waals surface area contributed by atoms with Crippen molar-refractivity contribution in [3.63, 3.8) is 0 Å². The topological polar surface area (TPSA) is 31.6 Å². The number of rotatable bonds is 2. The van der Waals surface area contributed by atoms with Gasteiger partial charge in [-0.15, -0.1) is 0 Å². The van der Waals surface area contributed by atoms with Crippen LogP contribution in [0.2, 0.25) is 0 Å². The highest BCUT2D eigenvalue weighted by Gasteiger charge is 2.07. The van der Waals surface area contributed by atoms with Crippen molar-refractivity contribution < 1.29 is 0 Å².